The number of morpholine rings is 1. The molecule has 2 unspecified atom stereocenters. The zero-order chi connectivity index (χ0) is 9.90. The highest BCUT2D eigenvalue weighted by atomic mass is 16.5. The Labute approximate surface area is 81.2 Å². The molecule has 0 spiro atoms. The van der Waals surface area contributed by atoms with E-state index in [0.717, 1.165) is 32.7 Å². The fourth-order valence-electron chi connectivity index (χ4n) is 1.66. The summed E-state index contributed by atoms with van der Waals surface area (Å²) in [6, 6.07) is 0. The maximum atomic E-state index is 6.11. The van der Waals surface area contributed by atoms with Crippen LogP contribution in [0.4, 0.5) is 0 Å². The van der Waals surface area contributed by atoms with E-state index in [1.54, 1.807) is 0 Å². The van der Waals surface area contributed by atoms with Crippen molar-refractivity contribution in [2.45, 2.75) is 38.8 Å². The summed E-state index contributed by atoms with van der Waals surface area (Å²) in [6.07, 6.45) is 1.39. The van der Waals surface area contributed by atoms with E-state index in [-0.39, 0.29) is 5.54 Å². The fraction of sp³-hybridized carbons (Fsp3) is 1.00. The quantitative estimate of drug-likeness (QED) is 0.709. The second-order valence-electron chi connectivity index (χ2n) is 4.42. The summed E-state index contributed by atoms with van der Waals surface area (Å²) in [5.41, 5.74) is 6.07. The van der Waals surface area contributed by atoms with Crippen molar-refractivity contribution in [1.29, 1.82) is 0 Å². The summed E-state index contributed by atoms with van der Waals surface area (Å²) >= 11 is 0. The van der Waals surface area contributed by atoms with E-state index in [4.69, 9.17) is 10.5 Å². The molecule has 1 aliphatic rings. The van der Waals surface area contributed by atoms with E-state index in [1.165, 1.54) is 0 Å². The van der Waals surface area contributed by atoms with Crippen LogP contribution < -0.4 is 5.73 Å². The summed E-state index contributed by atoms with van der Waals surface area (Å²) in [7, 11) is 0. The van der Waals surface area contributed by atoms with Gasteiger partial charge in [-0.1, -0.05) is 6.92 Å². The first kappa shape index (κ1) is 11.0. The molecule has 1 aliphatic heterocycles. The molecule has 0 saturated carbocycles. The van der Waals surface area contributed by atoms with Crippen molar-refractivity contribution in [1.82, 2.24) is 4.90 Å². The van der Waals surface area contributed by atoms with Gasteiger partial charge in [0.25, 0.3) is 0 Å². The number of rotatable bonds is 3. The topological polar surface area (TPSA) is 38.5 Å². The first-order chi connectivity index (χ1) is 6.03. The largest absolute Gasteiger partial charge is 0.376 e. The van der Waals surface area contributed by atoms with Gasteiger partial charge in [-0.2, -0.15) is 0 Å². The molecule has 1 heterocycles. The lowest BCUT2D eigenvalue weighted by Crippen LogP contribution is -2.52. The molecular weight excluding hydrogens is 164 g/mol. The smallest absolute Gasteiger partial charge is 0.0674 e. The number of hydrogen-bond acceptors (Lipinski definition) is 3. The highest BCUT2D eigenvalue weighted by Crippen LogP contribution is 2.11. The molecular formula is C10H22N2O. The van der Waals surface area contributed by atoms with Crippen molar-refractivity contribution in [2.75, 3.05) is 26.2 Å². The molecule has 0 radical (unpaired) electrons. The first-order valence-electron chi connectivity index (χ1n) is 5.16. The second kappa shape index (κ2) is 4.40. The molecule has 3 nitrogen and oxygen atoms in total. The molecule has 13 heavy (non-hydrogen) atoms. The minimum absolute atomic E-state index is 0.0446. The average Bonchev–Trinajstić information content (AvgIpc) is 2.03. The first-order valence-corrected chi connectivity index (χ1v) is 5.16. The van der Waals surface area contributed by atoms with Crippen LogP contribution in [0.25, 0.3) is 0 Å². The molecule has 1 saturated heterocycles. The van der Waals surface area contributed by atoms with E-state index in [0.29, 0.717) is 6.10 Å². The Morgan fingerprint density at radius 2 is 2.31 bits per heavy atom. The Kier molecular flexibility index (Phi) is 3.71. The van der Waals surface area contributed by atoms with Crippen LogP contribution in [0, 0.1) is 0 Å². The molecule has 3 heteroatoms. The highest BCUT2D eigenvalue weighted by molar-refractivity contribution is 4.82. The van der Waals surface area contributed by atoms with Gasteiger partial charge in [0.15, 0.2) is 0 Å². The van der Waals surface area contributed by atoms with E-state index in [9.17, 15) is 0 Å². The van der Waals surface area contributed by atoms with Crippen molar-refractivity contribution in [3.05, 3.63) is 0 Å². The second-order valence-corrected chi connectivity index (χ2v) is 4.42. The molecule has 0 aromatic rings. The van der Waals surface area contributed by atoms with Crippen molar-refractivity contribution in [2.24, 2.45) is 5.73 Å². The Bertz CT molecular complexity index is 159. The number of nitrogens with zero attached hydrogens (tertiary/aromatic N) is 1. The average molecular weight is 186 g/mol. The standard InChI is InChI=1S/C10H22N2O/c1-4-10(3,11)8-12-5-6-13-9(2)7-12/h9H,4-8,11H2,1-3H3. The van der Waals surface area contributed by atoms with Crippen molar-refractivity contribution >= 4 is 0 Å². The van der Waals surface area contributed by atoms with Gasteiger partial charge < -0.3 is 10.5 Å². The molecule has 2 atom stereocenters. The van der Waals surface area contributed by atoms with Gasteiger partial charge in [0.2, 0.25) is 0 Å². The maximum Gasteiger partial charge on any atom is 0.0674 e. The number of hydrogen-bond donors (Lipinski definition) is 1. The fourth-order valence-corrected chi connectivity index (χ4v) is 1.66. The minimum atomic E-state index is -0.0446. The van der Waals surface area contributed by atoms with Gasteiger partial charge in [-0.05, 0) is 20.3 Å². The van der Waals surface area contributed by atoms with Crippen molar-refractivity contribution in [3.8, 4) is 0 Å². The predicted molar refractivity (Wildman–Crippen MR) is 54.7 cm³/mol. The van der Waals surface area contributed by atoms with Crippen LogP contribution in [-0.2, 0) is 4.74 Å². The zero-order valence-corrected chi connectivity index (χ0v) is 9.05. The van der Waals surface area contributed by atoms with Crippen LogP contribution in [0.1, 0.15) is 27.2 Å². The van der Waals surface area contributed by atoms with Crippen LogP contribution in [0.2, 0.25) is 0 Å². The van der Waals surface area contributed by atoms with Crippen LogP contribution in [0.5, 0.6) is 0 Å². The Balaban J connectivity index is 2.35. The Morgan fingerprint density at radius 1 is 1.62 bits per heavy atom. The third-order valence-corrected chi connectivity index (χ3v) is 2.72. The van der Waals surface area contributed by atoms with Gasteiger partial charge in [0.05, 0.1) is 12.7 Å². The van der Waals surface area contributed by atoms with Gasteiger partial charge in [0.1, 0.15) is 0 Å². The molecule has 0 aromatic heterocycles. The van der Waals surface area contributed by atoms with E-state index < -0.39 is 0 Å². The van der Waals surface area contributed by atoms with E-state index in [1.807, 2.05) is 0 Å². The molecule has 2 N–H and O–H groups in total. The predicted octanol–water partition coefficient (Wildman–Crippen LogP) is 0.834. The van der Waals surface area contributed by atoms with Gasteiger partial charge in [-0.25, -0.2) is 0 Å². The number of ether oxygens (including phenoxy) is 1. The molecule has 1 rings (SSSR count). The maximum absolute atomic E-state index is 6.11. The zero-order valence-electron chi connectivity index (χ0n) is 9.05. The SMILES string of the molecule is CCC(C)(N)CN1CCOC(C)C1. The Hall–Kier alpha value is -0.120. The summed E-state index contributed by atoms with van der Waals surface area (Å²) in [6.45, 7) is 10.3. The lowest BCUT2D eigenvalue weighted by atomic mass is 9.99. The summed E-state index contributed by atoms with van der Waals surface area (Å²) in [5.74, 6) is 0. The molecule has 78 valence electrons. The minimum Gasteiger partial charge on any atom is -0.376 e. The van der Waals surface area contributed by atoms with Crippen LogP contribution in [0.15, 0.2) is 0 Å². The van der Waals surface area contributed by atoms with Crippen molar-refractivity contribution < 1.29 is 4.74 Å². The van der Waals surface area contributed by atoms with E-state index in [2.05, 4.69) is 25.7 Å². The lowest BCUT2D eigenvalue weighted by molar-refractivity contribution is -0.0242. The normalized spacial score (nSPS) is 30.0. The van der Waals surface area contributed by atoms with Gasteiger partial charge in [-0.15, -0.1) is 0 Å². The number of nitrogens with two attached hydrogens (primary N) is 1. The molecule has 1 fully saturated rings. The summed E-state index contributed by atoms with van der Waals surface area (Å²) < 4.78 is 5.47. The highest BCUT2D eigenvalue weighted by Gasteiger charge is 2.23. The van der Waals surface area contributed by atoms with Crippen molar-refractivity contribution in [3.63, 3.8) is 0 Å². The molecule has 0 amide bonds. The van der Waals surface area contributed by atoms with Gasteiger partial charge >= 0.3 is 0 Å². The third kappa shape index (κ3) is 3.63. The monoisotopic (exact) mass is 186 g/mol. The summed E-state index contributed by atoms with van der Waals surface area (Å²) in [4.78, 5) is 2.40. The third-order valence-electron chi connectivity index (χ3n) is 2.72. The van der Waals surface area contributed by atoms with Gasteiger partial charge in [-0.3, -0.25) is 4.90 Å². The molecule has 0 bridgehead atoms. The van der Waals surface area contributed by atoms with Crippen LogP contribution >= 0.6 is 0 Å². The summed E-state index contributed by atoms with van der Waals surface area (Å²) in [5, 5.41) is 0. The Morgan fingerprint density at radius 3 is 2.85 bits per heavy atom. The van der Waals surface area contributed by atoms with Crippen LogP contribution in [-0.4, -0.2) is 42.8 Å². The molecule has 0 aromatic carbocycles. The van der Waals surface area contributed by atoms with E-state index >= 15 is 0 Å². The van der Waals surface area contributed by atoms with Gasteiger partial charge in [0, 0.05) is 25.2 Å². The van der Waals surface area contributed by atoms with Crippen LogP contribution in [0.3, 0.4) is 0 Å². The molecule has 0 aliphatic carbocycles. The lowest BCUT2D eigenvalue weighted by Gasteiger charge is -2.36.